The lowest BCUT2D eigenvalue weighted by atomic mass is 9.94. The molecule has 1 N–H and O–H groups in total. The van der Waals surface area contributed by atoms with Gasteiger partial charge in [0.2, 0.25) is 0 Å². The Morgan fingerprint density at radius 3 is 2.27 bits per heavy atom. The third-order valence-corrected chi connectivity index (χ3v) is 14.2. The van der Waals surface area contributed by atoms with Crippen molar-refractivity contribution in [2.24, 2.45) is 0 Å². The van der Waals surface area contributed by atoms with Crippen LogP contribution in [0.1, 0.15) is 66.5 Å². The van der Waals surface area contributed by atoms with Gasteiger partial charge in [0.25, 0.3) is 5.91 Å². The highest BCUT2D eigenvalue weighted by Gasteiger charge is 2.45. The minimum Gasteiger partial charge on any atom is -0.482 e. The van der Waals surface area contributed by atoms with Crippen LogP contribution in [0.3, 0.4) is 0 Å². The summed E-state index contributed by atoms with van der Waals surface area (Å²) in [6.45, 7) is 18.2. The molecule has 4 rings (SSSR count). The second-order valence-electron chi connectivity index (χ2n) is 10.7. The first-order chi connectivity index (χ1) is 15.4. The highest BCUT2D eigenvalue weighted by Crippen LogP contribution is 2.46. The lowest BCUT2D eigenvalue weighted by Crippen LogP contribution is -2.51. The summed E-state index contributed by atoms with van der Waals surface area (Å²) in [4.78, 5) is 12.7. The van der Waals surface area contributed by atoms with Crippen LogP contribution in [0.25, 0.3) is 11.1 Å². The van der Waals surface area contributed by atoms with Crippen molar-refractivity contribution in [3.63, 3.8) is 0 Å². The fraction of sp³-hybridized carbons (Fsp3) is 0.444. The number of aromatic nitrogens is 1. The van der Waals surface area contributed by atoms with Crippen molar-refractivity contribution in [2.75, 3.05) is 5.32 Å². The van der Waals surface area contributed by atoms with Crippen LogP contribution in [0.2, 0.25) is 16.6 Å². The van der Waals surface area contributed by atoms with Crippen LogP contribution < -0.4 is 5.32 Å². The maximum Gasteiger partial charge on any atom is 0.260 e. The van der Waals surface area contributed by atoms with Crippen LogP contribution in [0.15, 0.2) is 48.5 Å². The number of fused-ring (bicyclic) bond motifs is 1. The van der Waals surface area contributed by atoms with Crippen LogP contribution in [0, 0.1) is 5.82 Å². The van der Waals surface area contributed by atoms with Crippen molar-refractivity contribution in [3.8, 4) is 0 Å². The number of benzene rings is 1. The minimum absolute atomic E-state index is 0.262. The van der Waals surface area contributed by atoms with Crippen molar-refractivity contribution in [1.29, 1.82) is 0 Å². The molecule has 1 aromatic heterocycles. The van der Waals surface area contributed by atoms with Gasteiger partial charge in [0, 0.05) is 17.3 Å². The molecule has 0 atom stereocenters. The molecule has 2 aromatic rings. The van der Waals surface area contributed by atoms with Crippen molar-refractivity contribution >= 4 is 31.0 Å². The quantitative estimate of drug-likeness (QED) is 0.374. The average molecular weight is 467 g/mol. The molecule has 1 amide bonds. The lowest BCUT2D eigenvalue weighted by molar-refractivity contribution is -0.111. The molecule has 0 unspecified atom stereocenters. The van der Waals surface area contributed by atoms with Crippen LogP contribution in [-0.4, -0.2) is 24.0 Å². The molecule has 4 nitrogen and oxygen atoms in total. The van der Waals surface area contributed by atoms with Gasteiger partial charge in [-0.3, -0.25) is 4.79 Å². The topological polar surface area (TPSA) is 43.3 Å². The summed E-state index contributed by atoms with van der Waals surface area (Å²) in [5.41, 5.74) is 4.98. The smallest absolute Gasteiger partial charge is 0.260 e. The fourth-order valence-electron chi connectivity index (χ4n) is 6.30. The summed E-state index contributed by atoms with van der Waals surface area (Å²) >= 11 is 0. The highest BCUT2D eigenvalue weighted by atomic mass is 28.3. The van der Waals surface area contributed by atoms with E-state index in [2.05, 4.69) is 69.6 Å². The Morgan fingerprint density at radius 1 is 1.03 bits per heavy atom. The first-order valence-electron chi connectivity index (χ1n) is 11.8. The maximum absolute atomic E-state index is 13.7. The van der Waals surface area contributed by atoms with Gasteiger partial charge < -0.3 is 14.3 Å². The van der Waals surface area contributed by atoms with Crippen LogP contribution in [0.4, 0.5) is 10.1 Å². The number of hydrogen-bond acceptors (Lipinski definition) is 2. The van der Waals surface area contributed by atoms with Crippen LogP contribution in [-0.2, 0) is 9.53 Å². The molecule has 0 aliphatic carbocycles. The molecule has 176 valence electrons. The zero-order valence-corrected chi connectivity index (χ0v) is 21.9. The van der Waals surface area contributed by atoms with Crippen molar-refractivity contribution in [3.05, 3.63) is 65.4 Å². The number of amides is 1. The Morgan fingerprint density at radius 2 is 1.67 bits per heavy atom. The molecule has 0 spiro atoms. The van der Waals surface area contributed by atoms with Gasteiger partial charge in [0.15, 0.2) is 8.24 Å². The fourth-order valence-corrected chi connectivity index (χ4v) is 12.8. The van der Waals surface area contributed by atoms with Gasteiger partial charge in [-0.1, -0.05) is 41.5 Å². The molecule has 33 heavy (non-hydrogen) atoms. The molecule has 0 saturated heterocycles. The van der Waals surface area contributed by atoms with Gasteiger partial charge in [0.05, 0.1) is 11.3 Å². The van der Waals surface area contributed by atoms with Crippen molar-refractivity contribution in [2.45, 2.75) is 77.6 Å². The van der Waals surface area contributed by atoms with E-state index in [0.717, 1.165) is 11.1 Å². The van der Waals surface area contributed by atoms with Gasteiger partial charge in [-0.15, -0.1) is 0 Å². The van der Waals surface area contributed by atoms with E-state index in [4.69, 9.17) is 4.74 Å². The number of halogens is 1. The molecule has 3 heterocycles. The monoisotopic (exact) mass is 466 g/mol. The minimum atomic E-state index is -1.85. The number of rotatable bonds is 5. The number of carbonyl (C=O) groups excluding carboxylic acids is 1. The van der Waals surface area contributed by atoms with E-state index in [-0.39, 0.29) is 11.7 Å². The Balaban J connectivity index is 1.82. The molecule has 0 radical (unpaired) electrons. The first-order valence-corrected chi connectivity index (χ1v) is 14.0. The summed E-state index contributed by atoms with van der Waals surface area (Å²) < 4.78 is 22.5. The van der Waals surface area contributed by atoms with Gasteiger partial charge >= 0.3 is 0 Å². The summed E-state index contributed by atoms with van der Waals surface area (Å²) in [5, 5.41) is 2.76. The maximum atomic E-state index is 13.7. The molecule has 2 aliphatic rings. The summed E-state index contributed by atoms with van der Waals surface area (Å²) in [6.07, 6.45) is 6.51. The van der Waals surface area contributed by atoms with Gasteiger partial charge in [-0.2, -0.15) is 0 Å². The van der Waals surface area contributed by atoms with Gasteiger partial charge in [-0.25, -0.2) is 4.39 Å². The molecular formula is C27H35FN2O2Si. The number of nitrogens with zero attached hydrogens (tertiary/aromatic N) is 1. The van der Waals surface area contributed by atoms with Crippen molar-refractivity contribution < 1.29 is 13.9 Å². The predicted molar refractivity (Wildman–Crippen MR) is 136 cm³/mol. The van der Waals surface area contributed by atoms with E-state index in [1.54, 1.807) is 6.07 Å². The number of hydrogen-bond donors (Lipinski definition) is 1. The largest absolute Gasteiger partial charge is 0.482 e. The second-order valence-corrected chi connectivity index (χ2v) is 16.5. The third-order valence-electron chi connectivity index (χ3n) is 7.49. The molecular weight excluding hydrogens is 431 g/mol. The van der Waals surface area contributed by atoms with Crippen LogP contribution >= 0.6 is 0 Å². The molecule has 2 aliphatic heterocycles. The van der Waals surface area contributed by atoms with E-state index < -0.39 is 13.8 Å². The number of nitrogens with one attached hydrogen (secondary N) is 1. The Kier molecular flexibility index (Phi) is 5.72. The van der Waals surface area contributed by atoms with Gasteiger partial charge in [-0.05, 0) is 72.6 Å². The Hall–Kier alpha value is -2.60. The molecule has 6 heteroatoms. The molecule has 1 aromatic carbocycles. The summed E-state index contributed by atoms with van der Waals surface area (Å²) in [7, 11) is -1.85. The van der Waals surface area contributed by atoms with E-state index >= 15 is 0 Å². The zero-order valence-electron chi connectivity index (χ0n) is 20.9. The molecule has 0 saturated carbocycles. The number of carbonyl (C=O) groups is 1. The average Bonchev–Trinajstić information content (AvgIpc) is 3.35. The van der Waals surface area contributed by atoms with Crippen molar-refractivity contribution in [1.82, 2.24) is 4.23 Å². The Labute approximate surface area is 197 Å². The zero-order chi connectivity index (χ0) is 24.3. The summed E-state index contributed by atoms with van der Waals surface area (Å²) in [6, 6.07) is 6.53. The standard InChI is InChI=1S/C27H35FN2O2Si/c1-16(2)33(17(3)4,18(5)6)30-12-11-19(15-30)22-14-24(32-27(22,7)8)25-21-10-9-20(28)13-23(21)29-26(25)31/h9-18H,1-8H3,(H,29,31)/b25-24+. The summed E-state index contributed by atoms with van der Waals surface area (Å²) in [5.74, 6) is -0.105. The van der Waals surface area contributed by atoms with Crippen LogP contribution in [0.5, 0.6) is 0 Å². The normalized spacial score (nSPS) is 19.9. The third kappa shape index (κ3) is 3.59. The number of anilines is 1. The van der Waals surface area contributed by atoms with E-state index in [9.17, 15) is 9.18 Å². The van der Waals surface area contributed by atoms with E-state index in [0.29, 0.717) is 39.2 Å². The number of ether oxygens (including phenoxy) is 1. The van der Waals surface area contributed by atoms with E-state index in [1.807, 2.05) is 19.9 Å². The highest BCUT2D eigenvalue weighted by molar-refractivity contribution is 6.82. The predicted octanol–water partition coefficient (Wildman–Crippen LogP) is 7.21. The first kappa shape index (κ1) is 23.6. The molecule has 0 fully saturated rings. The molecule has 0 bridgehead atoms. The van der Waals surface area contributed by atoms with Gasteiger partial charge in [0.1, 0.15) is 17.2 Å². The Bertz CT molecular complexity index is 1150. The van der Waals surface area contributed by atoms with E-state index in [1.165, 1.54) is 12.1 Å². The SMILES string of the molecule is CC(C)[Si](C(C)C)(C(C)C)n1ccc(C2=C/C(=C3\C(=O)Nc4cc(F)ccc43)OC2(C)C)c1. The number of allylic oxidation sites excluding steroid dienone is 1. The second kappa shape index (κ2) is 8.01. The lowest BCUT2D eigenvalue weighted by Gasteiger charge is -2.44.